The molecule has 178 valence electrons. The highest BCUT2D eigenvalue weighted by Crippen LogP contribution is 2.45. The van der Waals surface area contributed by atoms with Crippen LogP contribution >= 0.6 is 34.0 Å². The Morgan fingerprint density at radius 2 is 1.54 bits per heavy atom. The molecule has 0 saturated heterocycles. The summed E-state index contributed by atoms with van der Waals surface area (Å²) in [5.41, 5.74) is 2.85. The molecule has 4 rings (SSSR count). The molecule has 4 heterocycles. The summed E-state index contributed by atoms with van der Waals surface area (Å²) in [6.07, 6.45) is 7.51. The SMILES string of the molecule is CN/C=C(\C=N)c1cc(CC(=O)O)c(-c2ccc(-c3sc(-c4cncnc4)cc3CC(=O)O)s2)s1. The van der Waals surface area contributed by atoms with E-state index in [-0.39, 0.29) is 12.8 Å². The van der Waals surface area contributed by atoms with Gasteiger partial charge in [0.2, 0.25) is 0 Å². The van der Waals surface area contributed by atoms with E-state index in [4.69, 9.17) is 5.41 Å². The number of aromatic nitrogens is 2. The fourth-order valence-corrected chi connectivity index (χ4v) is 7.11. The summed E-state index contributed by atoms with van der Waals surface area (Å²) in [6, 6.07) is 7.55. The van der Waals surface area contributed by atoms with Gasteiger partial charge in [0, 0.05) is 72.3 Å². The molecule has 0 bridgehead atoms. The smallest absolute Gasteiger partial charge is 0.307 e. The summed E-state index contributed by atoms with van der Waals surface area (Å²) in [7, 11) is 1.74. The van der Waals surface area contributed by atoms with Crippen molar-refractivity contribution in [2.75, 3.05) is 7.05 Å². The maximum absolute atomic E-state index is 11.5. The van der Waals surface area contributed by atoms with Crippen LogP contribution in [0.4, 0.5) is 0 Å². The van der Waals surface area contributed by atoms with E-state index in [1.165, 1.54) is 46.6 Å². The molecule has 0 amide bonds. The van der Waals surface area contributed by atoms with Crippen LogP contribution in [0.5, 0.6) is 0 Å². The highest BCUT2D eigenvalue weighted by atomic mass is 32.1. The van der Waals surface area contributed by atoms with Crippen LogP contribution in [0.15, 0.2) is 49.2 Å². The third kappa shape index (κ3) is 5.53. The van der Waals surface area contributed by atoms with E-state index in [1.807, 2.05) is 24.3 Å². The molecule has 8 nitrogen and oxygen atoms in total. The first-order valence-electron chi connectivity index (χ1n) is 10.3. The van der Waals surface area contributed by atoms with Crippen LogP contribution in [0.25, 0.3) is 35.5 Å². The number of nitrogens with zero attached hydrogens (tertiary/aromatic N) is 2. The van der Waals surface area contributed by atoms with Crippen molar-refractivity contribution in [2.24, 2.45) is 0 Å². The first kappa shape index (κ1) is 24.5. The van der Waals surface area contributed by atoms with Gasteiger partial charge in [0.25, 0.3) is 0 Å². The monoisotopic (exact) mass is 524 g/mol. The third-order valence-corrected chi connectivity index (χ3v) is 8.84. The fourth-order valence-electron chi connectivity index (χ4n) is 3.50. The topological polar surface area (TPSA) is 136 Å². The third-order valence-electron chi connectivity index (χ3n) is 4.94. The second-order valence-corrected chi connectivity index (χ2v) is 10.6. The molecule has 0 aliphatic heterocycles. The number of hydrogen-bond donors (Lipinski definition) is 4. The summed E-state index contributed by atoms with van der Waals surface area (Å²) >= 11 is 4.40. The van der Waals surface area contributed by atoms with E-state index in [1.54, 1.807) is 25.6 Å². The van der Waals surface area contributed by atoms with Crippen molar-refractivity contribution in [3.63, 3.8) is 0 Å². The van der Waals surface area contributed by atoms with Gasteiger partial charge in [0.05, 0.1) is 12.8 Å². The minimum absolute atomic E-state index is 0.113. The van der Waals surface area contributed by atoms with Gasteiger partial charge in [-0.3, -0.25) is 9.59 Å². The standard InChI is InChI=1S/C24H20N4O4S3/c1-26-9-15(8-25)19-4-13(6-21(29)30)23(34-19)17-2-3-18(33-17)24-14(7-22(31)32)5-20(35-24)16-10-27-12-28-11-16/h2-5,8-12,25-26H,6-7H2,1H3,(H,29,30)(H,31,32)/b15-9+,25-8?. The molecule has 0 fully saturated rings. The maximum Gasteiger partial charge on any atom is 0.307 e. The Labute approximate surface area is 212 Å². The Bertz CT molecular complexity index is 1420. The Morgan fingerprint density at radius 1 is 0.943 bits per heavy atom. The summed E-state index contributed by atoms with van der Waals surface area (Å²) in [6.45, 7) is 0. The molecular weight excluding hydrogens is 504 g/mol. The van der Waals surface area contributed by atoms with Crippen molar-refractivity contribution in [1.29, 1.82) is 5.41 Å². The average Bonchev–Trinajstić information content (AvgIpc) is 3.56. The van der Waals surface area contributed by atoms with Crippen molar-refractivity contribution >= 4 is 57.7 Å². The molecule has 4 aromatic heterocycles. The summed E-state index contributed by atoms with van der Waals surface area (Å²) in [4.78, 5) is 36.3. The van der Waals surface area contributed by atoms with Crippen LogP contribution in [-0.4, -0.2) is 45.4 Å². The lowest BCUT2D eigenvalue weighted by Crippen LogP contribution is -1.99. The number of hydrogen-bond acceptors (Lipinski definition) is 9. The maximum atomic E-state index is 11.5. The second-order valence-electron chi connectivity index (χ2n) is 7.39. The number of rotatable bonds is 10. The number of allylic oxidation sites excluding steroid dienone is 1. The molecule has 0 aliphatic carbocycles. The quantitative estimate of drug-likeness (QED) is 0.211. The number of thiophene rings is 3. The fraction of sp³-hybridized carbons (Fsp3) is 0.125. The van der Waals surface area contributed by atoms with Gasteiger partial charge in [-0.25, -0.2) is 9.97 Å². The lowest BCUT2D eigenvalue weighted by Gasteiger charge is -1.99. The van der Waals surface area contributed by atoms with Gasteiger partial charge in [0.15, 0.2) is 0 Å². The molecule has 0 atom stereocenters. The van der Waals surface area contributed by atoms with Crippen molar-refractivity contribution in [3.8, 4) is 29.9 Å². The Balaban J connectivity index is 1.78. The lowest BCUT2D eigenvalue weighted by molar-refractivity contribution is -0.137. The molecule has 35 heavy (non-hydrogen) atoms. The van der Waals surface area contributed by atoms with E-state index in [2.05, 4.69) is 15.3 Å². The summed E-state index contributed by atoms with van der Waals surface area (Å²) < 4.78 is 0. The Kier molecular flexibility index (Phi) is 7.49. The second kappa shape index (κ2) is 10.7. The zero-order valence-corrected chi connectivity index (χ0v) is 20.9. The molecule has 0 saturated carbocycles. The van der Waals surface area contributed by atoms with Crippen molar-refractivity contribution in [1.82, 2.24) is 15.3 Å². The van der Waals surface area contributed by atoms with Gasteiger partial charge in [-0.05, 0) is 35.4 Å². The van der Waals surface area contributed by atoms with E-state index in [9.17, 15) is 19.8 Å². The van der Waals surface area contributed by atoms with Crippen molar-refractivity contribution in [3.05, 3.63) is 65.2 Å². The molecule has 0 unspecified atom stereocenters. The molecule has 4 N–H and O–H groups in total. The van der Waals surface area contributed by atoms with Crippen molar-refractivity contribution < 1.29 is 19.8 Å². The minimum Gasteiger partial charge on any atom is -0.481 e. The number of carboxylic acids is 2. The summed E-state index contributed by atoms with van der Waals surface area (Å²) in [5.74, 6) is -1.85. The normalized spacial score (nSPS) is 11.4. The molecule has 0 spiro atoms. The van der Waals surface area contributed by atoms with E-state index < -0.39 is 11.9 Å². The van der Waals surface area contributed by atoms with Crippen molar-refractivity contribution in [2.45, 2.75) is 12.8 Å². The molecule has 11 heteroatoms. The number of carboxylic acid groups (broad SMARTS) is 2. The van der Waals surface area contributed by atoms with Crippen LogP contribution in [0.1, 0.15) is 16.0 Å². The Morgan fingerprint density at radius 3 is 2.11 bits per heavy atom. The van der Waals surface area contributed by atoms with E-state index in [0.29, 0.717) is 16.7 Å². The number of aliphatic carboxylic acids is 2. The first-order valence-corrected chi connectivity index (χ1v) is 12.8. The van der Waals surface area contributed by atoms with Gasteiger partial charge in [-0.15, -0.1) is 34.0 Å². The van der Waals surface area contributed by atoms with Crippen LogP contribution < -0.4 is 5.32 Å². The highest BCUT2D eigenvalue weighted by Gasteiger charge is 2.20. The van der Waals surface area contributed by atoms with Gasteiger partial charge in [-0.2, -0.15) is 0 Å². The van der Waals surface area contributed by atoms with Crippen LogP contribution in [0.2, 0.25) is 0 Å². The zero-order valence-electron chi connectivity index (χ0n) is 18.4. The van der Waals surface area contributed by atoms with Gasteiger partial charge >= 0.3 is 11.9 Å². The van der Waals surface area contributed by atoms with Crippen LogP contribution in [0.3, 0.4) is 0 Å². The van der Waals surface area contributed by atoms with Crippen LogP contribution in [0, 0.1) is 5.41 Å². The number of carbonyl (C=O) groups is 2. The van der Waals surface area contributed by atoms with E-state index in [0.717, 1.165) is 34.8 Å². The molecular formula is C24H20N4O4S3. The average molecular weight is 525 g/mol. The van der Waals surface area contributed by atoms with E-state index >= 15 is 0 Å². The lowest BCUT2D eigenvalue weighted by atomic mass is 10.1. The highest BCUT2D eigenvalue weighted by molar-refractivity contribution is 7.27. The predicted octanol–water partition coefficient (Wildman–Crippen LogP) is 5.13. The molecule has 0 aromatic carbocycles. The van der Waals surface area contributed by atoms with Gasteiger partial charge in [-0.1, -0.05) is 0 Å². The largest absolute Gasteiger partial charge is 0.481 e. The number of nitrogens with one attached hydrogen (secondary N) is 2. The summed E-state index contributed by atoms with van der Waals surface area (Å²) in [5, 5.41) is 29.5. The molecule has 4 aromatic rings. The Hall–Kier alpha value is -3.67. The van der Waals surface area contributed by atoms with Gasteiger partial charge < -0.3 is 20.9 Å². The zero-order chi connectivity index (χ0) is 24.9. The molecule has 0 aliphatic rings. The first-order chi connectivity index (χ1) is 16.9. The predicted molar refractivity (Wildman–Crippen MR) is 140 cm³/mol. The van der Waals surface area contributed by atoms with Gasteiger partial charge in [0.1, 0.15) is 6.33 Å². The minimum atomic E-state index is -0.932. The molecule has 0 radical (unpaired) electrons. The van der Waals surface area contributed by atoms with Crippen LogP contribution in [-0.2, 0) is 22.4 Å².